The Morgan fingerprint density at radius 3 is 3.13 bits per heavy atom. The van der Waals surface area contributed by atoms with Crippen LogP contribution in [0.25, 0.3) is 0 Å². The zero-order valence-corrected chi connectivity index (χ0v) is 13.2. The summed E-state index contributed by atoms with van der Waals surface area (Å²) in [7, 11) is 0. The van der Waals surface area contributed by atoms with Crippen molar-refractivity contribution in [3.05, 3.63) is 65.4 Å². The van der Waals surface area contributed by atoms with E-state index in [0.717, 1.165) is 17.5 Å². The van der Waals surface area contributed by atoms with Gasteiger partial charge in [0.15, 0.2) is 0 Å². The highest BCUT2D eigenvalue weighted by molar-refractivity contribution is 5.95. The molecule has 0 unspecified atom stereocenters. The van der Waals surface area contributed by atoms with Crippen molar-refractivity contribution in [2.45, 2.75) is 26.5 Å². The van der Waals surface area contributed by atoms with E-state index in [1.807, 2.05) is 24.2 Å². The van der Waals surface area contributed by atoms with Crippen molar-refractivity contribution in [2.24, 2.45) is 0 Å². The summed E-state index contributed by atoms with van der Waals surface area (Å²) in [4.78, 5) is 18.7. The third kappa shape index (κ3) is 3.19. The van der Waals surface area contributed by atoms with Crippen LogP contribution in [-0.2, 0) is 24.3 Å². The van der Waals surface area contributed by atoms with Gasteiger partial charge < -0.3 is 14.1 Å². The van der Waals surface area contributed by atoms with E-state index in [-0.39, 0.29) is 5.91 Å². The zero-order valence-electron chi connectivity index (χ0n) is 13.2. The first-order valence-corrected chi connectivity index (χ1v) is 7.67. The predicted octanol–water partition coefficient (Wildman–Crippen LogP) is 2.88. The molecule has 3 heterocycles. The van der Waals surface area contributed by atoms with Gasteiger partial charge in [-0.15, -0.1) is 6.58 Å². The molecule has 1 aliphatic rings. The van der Waals surface area contributed by atoms with Gasteiger partial charge in [0.2, 0.25) is 0 Å². The van der Waals surface area contributed by atoms with Gasteiger partial charge in [0.25, 0.3) is 5.91 Å². The Morgan fingerprint density at radius 1 is 1.52 bits per heavy atom. The topological polar surface area (TPSA) is 55.6 Å². The van der Waals surface area contributed by atoms with Crippen molar-refractivity contribution in [3.63, 3.8) is 0 Å². The summed E-state index contributed by atoms with van der Waals surface area (Å²) < 4.78 is 10.8. The summed E-state index contributed by atoms with van der Waals surface area (Å²) in [6.07, 6.45) is 7.79. The van der Waals surface area contributed by atoms with E-state index in [2.05, 4.69) is 11.6 Å². The van der Waals surface area contributed by atoms with Crippen LogP contribution in [-0.4, -0.2) is 28.9 Å². The molecule has 0 N–H and O–H groups in total. The maximum absolute atomic E-state index is 12.6. The van der Waals surface area contributed by atoms with Gasteiger partial charge in [-0.25, -0.2) is 0 Å². The largest absolute Gasteiger partial charge is 0.469 e. The van der Waals surface area contributed by atoms with E-state index in [4.69, 9.17) is 9.15 Å². The molecule has 2 aromatic heterocycles. The van der Waals surface area contributed by atoms with Crippen molar-refractivity contribution in [2.75, 3.05) is 13.2 Å². The van der Waals surface area contributed by atoms with E-state index < -0.39 is 0 Å². The number of furan rings is 1. The van der Waals surface area contributed by atoms with E-state index in [0.29, 0.717) is 37.6 Å². The molecule has 0 fully saturated rings. The number of amides is 1. The average molecular weight is 312 g/mol. The van der Waals surface area contributed by atoms with Gasteiger partial charge in [-0.1, -0.05) is 6.08 Å². The van der Waals surface area contributed by atoms with Crippen LogP contribution in [0.1, 0.15) is 32.8 Å². The predicted molar refractivity (Wildman–Crippen MR) is 86.0 cm³/mol. The van der Waals surface area contributed by atoms with Gasteiger partial charge in [-0.05, 0) is 36.1 Å². The standard InChI is InChI=1S/C18H20N2O3/c1-3-7-22-12-15-10-19-9-14-11-20(6-4-17(14)15)18(21)16-5-8-23-13(16)2/h3,5,8-10H,1,4,6-7,11-12H2,2H3. The quantitative estimate of drug-likeness (QED) is 0.629. The molecule has 0 atom stereocenters. The fourth-order valence-corrected chi connectivity index (χ4v) is 2.90. The maximum Gasteiger partial charge on any atom is 0.257 e. The van der Waals surface area contributed by atoms with E-state index in [1.54, 1.807) is 18.4 Å². The molecule has 3 rings (SSSR count). The molecule has 0 saturated heterocycles. The number of carbonyl (C=O) groups excluding carboxylic acids is 1. The van der Waals surface area contributed by atoms with Crippen molar-refractivity contribution in [1.29, 1.82) is 0 Å². The molecule has 120 valence electrons. The van der Waals surface area contributed by atoms with Crippen LogP contribution in [0.15, 0.2) is 41.8 Å². The highest BCUT2D eigenvalue weighted by atomic mass is 16.5. The number of hydrogen-bond acceptors (Lipinski definition) is 4. The van der Waals surface area contributed by atoms with Gasteiger partial charge >= 0.3 is 0 Å². The monoisotopic (exact) mass is 312 g/mol. The second-order valence-electron chi connectivity index (χ2n) is 5.61. The molecule has 0 saturated carbocycles. The minimum Gasteiger partial charge on any atom is -0.469 e. The lowest BCUT2D eigenvalue weighted by Gasteiger charge is -2.29. The molecule has 0 aliphatic carbocycles. The van der Waals surface area contributed by atoms with Gasteiger partial charge in [0.05, 0.1) is 25.0 Å². The molecular weight excluding hydrogens is 292 g/mol. The minimum absolute atomic E-state index is 0.00945. The molecule has 5 nitrogen and oxygen atoms in total. The molecule has 1 aliphatic heterocycles. The zero-order chi connectivity index (χ0) is 16.2. The summed E-state index contributed by atoms with van der Waals surface area (Å²) in [5.74, 6) is 0.667. The van der Waals surface area contributed by atoms with E-state index >= 15 is 0 Å². The van der Waals surface area contributed by atoms with Crippen molar-refractivity contribution >= 4 is 5.91 Å². The molecule has 0 radical (unpaired) electrons. The van der Waals surface area contributed by atoms with E-state index in [9.17, 15) is 4.79 Å². The first-order chi connectivity index (χ1) is 11.2. The third-order valence-electron chi connectivity index (χ3n) is 4.10. The van der Waals surface area contributed by atoms with Crippen LogP contribution in [0.5, 0.6) is 0 Å². The van der Waals surface area contributed by atoms with Gasteiger partial charge in [-0.2, -0.15) is 0 Å². The molecule has 1 amide bonds. The van der Waals surface area contributed by atoms with Crippen molar-refractivity contribution in [3.8, 4) is 0 Å². The van der Waals surface area contributed by atoms with Crippen LogP contribution >= 0.6 is 0 Å². The first kappa shape index (κ1) is 15.5. The number of aryl methyl sites for hydroxylation is 1. The first-order valence-electron chi connectivity index (χ1n) is 7.67. The molecule has 5 heteroatoms. The molecule has 2 aromatic rings. The number of pyridine rings is 1. The number of ether oxygens (including phenoxy) is 1. The normalized spacial score (nSPS) is 13.7. The van der Waals surface area contributed by atoms with Gasteiger partial charge in [-0.3, -0.25) is 9.78 Å². The number of hydrogen-bond donors (Lipinski definition) is 0. The Hall–Kier alpha value is -2.40. The molecule has 23 heavy (non-hydrogen) atoms. The summed E-state index contributed by atoms with van der Waals surface area (Å²) in [6.45, 7) is 7.76. The smallest absolute Gasteiger partial charge is 0.257 e. The Bertz CT molecular complexity index is 721. The van der Waals surface area contributed by atoms with Gasteiger partial charge in [0, 0.05) is 25.5 Å². The second-order valence-corrected chi connectivity index (χ2v) is 5.61. The Labute approximate surface area is 135 Å². The third-order valence-corrected chi connectivity index (χ3v) is 4.10. The summed E-state index contributed by atoms with van der Waals surface area (Å²) in [5.41, 5.74) is 4.06. The fraction of sp³-hybridized carbons (Fsp3) is 0.333. The van der Waals surface area contributed by atoms with Crippen LogP contribution < -0.4 is 0 Å². The van der Waals surface area contributed by atoms with Crippen molar-refractivity contribution < 1.29 is 13.9 Å². The summed E-state index contributed by atoms with van der Waals surface area (Å²) in [5, 5.41) is 0. The van der Waals surface area contributed by atoms with Crippen molar-refractivity contribution in [1.82, 2.24) is 9.88 Å². The lowest BCUT2D eigenvalue weighted by atomic mass is 9.97. The minimum atomic E-state index is 0.00945. The molecule has 0 aromatic carbocycles. The molecular formula is C18H20N2O3. The van der Waals surface area contributed by atoms with Gasteiger partial charge in [0.1, 0.15) is 5.76 Å². The maximum atomic E-state index is 12.6. The van der Waals surface area contributed by atoms with Crippen LogP contribution in [0.2, 0.25) is 0 Å². The highest BCUT2D eigenvalue weighted by Crippen LogP contribution is 2.24. The van der Waals surface area contributed by atoms with Crippen LogP contribution in [0, 0.1) is 6.92 Å². The average Bonchev–Trinajstić information content (AvgIpc) is 3.00. The number of nitrogens with zero attached hydrogens (tertiary/aromatic N) is 2. The fourth-order valence-electron chi connectivity index (χ4n) is 2.90. The number of aromatic nitrogens is 1. The summed E-state index contributed by atoms with van der Waals surface area (Å²) in [6, 6.07) is 1.73. The van der Waals surface area contributed by atoms with E-state index in [1.165, 1.54) is 5.56 Å². The lowest BCUT2D eigenvalue weighted by molar-refractivity contribution is 0.0731. The highest BCUT2D eigenvalue weighted by Gasteiger charge is 2.25. The number of carbonyl (C=O) groups is 1. The Morgan fingerprint density at radius 2 is 2.39 bits per heavy atom. The second kappa shape index (κ2) is 6.79. The SMILES string of the molecule is C=CCOCc1cncc2c1CCN(C(=O)c1ccoc1C)C2. The Kier molecular flexibility index (Phi) is 4.57. The molecule has 0 bridgehead atoms. The summed E-state index contributed by atoms with van der Waals surface area (Å²) >= 11 is 0. The number of fused-ring (bicyclic) bond motifs is 1. The van der Waals surface area contributed by atoms with Crippen LogP contribution in [0.3, 0.4) is 0 Å². The Balaban J connectivity index is 1.76. The van der Waals surface area contributed by atoms with Crippen LogP contribution in [0.4, 0.5) is 0 Å². The lowest BCUT2D eigenvalue weighted by Crippen LogP contribution is -2.36. The molecule has 0 spiro atoms. The number of rotatable bonds is 5.